The summed E-state index contributed by atoms with van der Waals surface area (Å²) in [6.45, 7) is 2.10. The molecule has 0 bridgehead atoms. The van der Waals surface area contributed by atoms with Gasteiger partial charge in [0.2, 0.25) is 0 Å². The monoisotopic (exact) mass is 276 g/mol. The first-order valence-corrected chi connectivity index (χ1v) is 7.46. The van der Waals surface area contributed by atoms with Crippen molar-refractivity contribution in [2.75, 3.05) is 19.8 Å². The van der Waals surface area contributed by atoms with Crippen LogP contribution in [0.4, 0.5) is 0 Å². The highest BCUT2D eigenvalue weighted by Gasteiger charge is 2.46. The van der Waals surface area contributed by atoms with Crippen LogP contribution in [0.5, 0.6) is 5.75 Å². The molecule has 0 amide bonds. The van der Waals surface area contributed by atoms with Gasteiger partial charge in [-0.25, -0.2) is 0 Å². The Morgan fingerprint density at radius 1 is 0.950 bits per heavy atom. The fourth-order valence-electron chi connectivity index (χ4n) is 3.57. The standard InChI is InChI=1S/C16H20O4/c17-15(4-6-16(7-5-15)19-9-10-20-16)13-2-1-12-3-8-18-14(12)11-13/h1-2,11,17H,3-10H2. The van der Waals surface area contributed by atoms with Gasteiger partial charge in [-0.05, 0) is 30.0 Å². The normalized spacial score (nSPS) is 26.4. The van der Waals surface area contributed by atoms with Crippen molar-refractivity contribution < 1.29 is 19.3 Å². The number of benzene rings is 1. The van der Waals surface area contributed by atoms with Gasteiger partial charge in [0.25, 0.3) is 0 Å². The van der Waals surface area contributed by atoms with E-state index in [4.69, 9.17) is 14.2 Å². The predicted molar refractivity (Wildman–Crippen MR) is 72.6 cm³/mol. The Bertz CT molecular complexity index is 509. The molecular weight excluding hydrogens is 256 g/mol. The fourth-order valence-corrected chi connectivity index (χ4v) is 3.57. The van der Waals surface area contributed by atoms with E-state index < -0.39 is 11.4 Å². The van der Waals surface area contributed by atoms with Crippen LogP contribution in [0.15, 0.2) is 18.2 Å². The molecule has 1 aromatic rings. The zero-order valence-corrected chi connectivity index (χ0v) is 11.6. The summed E-state index contributed by atoms with van der Waals surface area (Å²) in [6.07, 6.45) is 3.82. The van der Waals surface area contributed by atoms with Crippen LogP contribution in [0, 0.1) is 0 Å². The minimum Gasteiger partial charge on any atom is -0.493 e. The smallest absolute Gasteiger partial charge is 0.168 e. The van der Waals surface area contributed by atoms with Gasteiger partial charge in [0.05, 0.1) is 25.4 Å². The maximum absolute atomic E-state index is 11.0. The Morgan fingerprint density at radius 2 is 1.70 bits per heavy atom. The molecule has 2 fully saturated rings. The van der Waals surface area contributed by atoms with Crippen LogP contribution in [0.25, 0.3) is 0 Å². The lowest BCUT2D eigenvalue weighted by Gasteiger charge is -2.40. The fraction of sp³-hybridized carbons (Fsp3) is 0.625. The Labute approximate surface area is 118 Å². The molecule has 1 saturated carbocycles. The average Bonchev–Trinajstić information content (AvgIpc) is 3.11. The van der Waals surface area contributed by atoms with Crippen molar-refractivity contribution in [3.8, 4) is 5.75 Å². The Kier molecular flexibility index (Phi) is 2.81. The second-order valence-corrected chi connectivity index (χ2v) is 6.06. The summed E-state index contributed by atoms with van der Waals surface area (Å²) in [6, 6.07) is 6.14. The van der Waals surface area contributed by atoms with Crippen LogP contribution in [0.2, 0.25) is 0 Å². The zero-order valence-electron chi connectivity index (χ0n) is 11.6. The van der Waals surface area contributed by atoms with Gasteiger partial charge in [-0.1, -0.05) is 12.1 Å². The molecule has 2 heterocycles. The summed E-state index contributed by atoms with van der Waals surface area (Å²) in [5.74, 6) is 0.504. The molecule has 4 nitrogen and oxygen atoms in total. The summed E-state index contributed by atoms with van der Waals surface area (Å²) in [7, 11) is 0. The first kappa shape index (κ1) is 12.6. The number of hydrogen-bond donors (Lipinski definition) is 1. The van der Waals surface area contributed by atoms with Gasteiger partial charge in [-0.15, -0.1) is 0 Å². The van der Waals surface area contributed by atoms with Crippen molar-refractivity contribution in [3.63, 3.8) is 0 Å². The molecule has 1 aromatic carbocycles. The van der Waals surface area contributed by atoms with Crippen molar-refractivity contribution in [2.24, 2.45) is 0 Å². The molecule has 2 aliphatic heterocycles. The second-order valence-electron chi connectivity index (χ2n) is 6.06. The molecule has 0 atom stereocenters. The van der Waals surface area contributed by atoms with E-state index in [2.05, 4.69) is 6.07 Å². The molecule has 1 N–H and O–H groups in total. The van der Waals surface area contributed by atoms with E-state index in [0.29, 0.717) is 26.1 Å². The lowest BCUT2D eigenvalue weighted by atomic mass is 9.77. The average molecular weight is 276 g/mol. The van der Waals surface area contributed by atoms with Crippen LogP contribution in [0.1, 0.15) is 36.8 Å². The number of hydrogen-bond acceptors (Lipinski definition) is 4. The van der Waals surface area contributed by atoms with Gasteiger partial charge in [0.15, 0.2) is 5.79 Å². The SMILES string of the molecule is OC1(c2ccc3c(c2)OCC3)CCC2(CC1)OCCO2. The van der Waals surface area contributed by atoms with Crippen molar-refractivity contribution in [2.45, 2.75) is 43.5 Å². The van der Waals surface area contributed by atoms with Gasteiger partial charge in [0.1, 0.15) is 5.75 Å². The van der Waals surface area contributed by atoms with Crippen LogP contribution in [0.3, 0.4) is 0 Å². The predicted octanol–water partition coefficient (Wildman–Crippen LogP) is 2.13. The molecule has 20 heavy (non-hydrogen) atoms. The van der Waals surface area contributed by atoms with E-state index in [1.54, 1.807) is 0 Å². The molecular formula is C16H20O4. The molecule has 1 spiro atoms. The first-order valence-electron chi connectivity index (χ1n) is 7.46. The molecule has 0 radical (unpaired) electrons. The zero-order chi connectivity index (χ0) is 13.6. The summed E-state index contributed by atoms with van der Waals surface area (Å²) < 4.78 is 17.1. The van der Waals surface area contributed by atoms with E-state index >= 15 is 0 Å². The quantitative estimate of drug-likeness (QED) is 0.853. The number of aliphatic hydroxyl groups is 1. The highest BCUT2D eigenvalue weighted by atomic mass is 16.7. The lowest BCUT2D eigenvalue weighted by Crippen LogP contribution is -2.42. The van der Waals surface area contributed by atoms with Crippen LogP contribution in [-0.2, 0) is 21.5 Å². The maximum Gasteiger partial charge on any atom is 0.168 e. The third-order valence-corrected chi connectivity index (χ3v) is 4.89. The van der Waals surface area contributed by atoms with Gasteiger partial charge in [-0.2, -0.15) is 0 Å². The summed E-state index contributed by atoms with van der Waals surface area (Å²) in [4.78, 5) is 0. The van der Waals surface area contributed by atoms with E-state index in [0.717, 1.165) is 37.2 Å². The van der Waals surface area contributed by atoms with E-state index in [1.807, 2.05) is 12.1 Å². The molecule has 4 rings (SSSR count). The molecule has 0 unspecified atom stereocenters. The van der Waals surface area contributed by atoms with Crippen LogP contribution >= 0.6 is 0 Å². The van der Waals surface area contributed by atoms with Gasteiger partial charge < -0.3 is 19.3 Å². The largest absolute Gasteiger partial charge is 0.493 e. The Hall–Kier alpha value is -1.10. The van der Waals surface area contributed by atoms with Crippen molar-refractivity contribution in [1.29, 1.82) is 0 Å². The molecule has 108 valence electrons. The molecule has 1 saturated heterocycles. The summed E-state index contributed by atoms with van der Waals surface area (Å²) in [5.41, 5.74) is 1.43. The highest BCUT2D eigenvalue weighted by molar-refractivity contribution is 5.42. The molecule has 4 heteroatoms. The molecule has 0 aromatic heterocycles. The van der Waals surface area contributed by atoms with E-state index in [9.17, 15) is 5.11 Å². The number of fused-ring (bicyclic) bond motifs is 1. The van der Waals surface area contributed by atoms with Crippen LogP contribution in [-0.4, -0.2) is 30.7 Å². The Balaban J connectivity index is 1.56. The molecule has 3 aliphatic rings. The van der Waals surface area contributed by atoms with E-state index in [-0.39, 0.29) is 0 Å². The third kappa shape index (κ3) is 1.94. The van der Waals surface area contributed by atoms with Crippen molar-refractivity contribution in [1.82, 2.24) is 0 Å². The summed E-state index contributed by atoms with van der Waals surface area (Å²) in [5, 5.41) is 11.0. The minimum absolute atomic E-state index is 0.431. The van der Waals surface area contributed by atoms with Gasteiger partial charge >= 0.3 is 0 Å². The van der Waals surface area contributed by atoms with Crippen molar-refractivity contribution >= 4 is 0 Å². The minimum atomic E-state index is -0.776. The lowest BCUT2D eigenvalue weighted by molar-refractivity contribution is -0.204. The van der Waals surface area contributed by atoms with Crippen molar-refractivity contribution in [3.05, 3.63) is 29.3 Å². The first-order chi connectivity index (χ1) is 9.69. The van der Waals surface area contributed by atoms with Gasteiger partial charge in [-0.3, -0.25) is 0 Å². The second kappa shape index (κ2) is 4.45. The van der Waals surface area contributed by atoms with Crippen LogP contribution < -0.4 is 4.74 Å². The summed E-state index contributed by atoms with van der Waals surface area (Å²) >= 11 is 0. The van der Waals surface area contributed by atoms with Gasteiger partial charge in [0, 0.05) is 19.3 Å². The van der Waals surface area contributed by atoms with E-state index in [1.165, 1.54) is 5.56 Å². The maximum atomic E-state index is 11.0. The number of rotatable bonds is 1. The number of ether oxygens (including phenoxy) is 3. The highest BCUT2D eigenvalue weighted by Crippen LogP contribution is 2.45. The molecule has 1 aliphatic carbocycles. The Morgan fingerprint density at radius 3 is 2.45 bits per heavy atom. The third-order valence-electron chi connectivity index (χ3n) is 4.89. The topological polar surface area (TPSA) is 47.9 Å².